The Morgan fingerprint density at radius 1 is 1.09 bits per heavy atom. The molecule has 0 radical (unpaired) electrons. The maximum absolute atomic E-state index is 11.7. The number of hydrogen-bond donors (Lipinski definition) is 3. The Bertz CT molecular complexity index is 1560. The normalized spacial score (nSPS) is 20.3. The van der Waals surface area contributed by atoms with Gasteiger partial charge in [-0.3, -0.25) is 4.98 Å². The highest BCUT2D eigenvalue weighted by Gasteiger charge is 2.48. The van der Waals surface area contributed by atoms with E-state index in [-0.39, 0.29) is 11.0 Å². The Morgan fingerprint density at radius 3 is 2.39 bits per heavy atom. The molecule has 3 N–H and O–H groups in total. The number of benzene rings is 2. The van der Waals surface area contributed by atoms with E-state index < -0.39 is 23.7 Å². The van der Waals surface area contributed by atoms with Crippen molar-refractivity contribution in [2.24, 2.45) is 5.41 Å². The van der Waals surface area contributed by atoms with E-state index in [1.807, 2.05) is 36.4 Å². The maximum atomic E-state index is 11.7. The number of carbonyl (C=O) groups is 2. The van der Waals surface area contributed by atoms with E-state index in [4.69, 9.17) is 26.2 Å². The zero-order chi connectivity index (χ0) is 32.3. The fourth-order valence-electron chi connectivity index (χ4n) is 5.58. The predicted molar refractivity (Wildman–Crippen MR) is 158 cm³/mol. The number of carboxylic acids is 2. The second-order valence-electron chi connectivity index (χ2n) is 11.3. The number of aromatic nitrogens is 1. The van der Waals surface area contributed by atoms with Gasteiger partial charge in [0.1, 0.15) is 12.4 Å². The van der Waals surface area contributed by atoms with Crippen molar-refractivity contribution in [3.8, 4) is 5.75 Å². The average Bonchev–Trinajstić information content (AvgIpc) is 3.11. The van der Waals surface area contributed by atoms with Crippen molar-refractivity contribution in [3.63, 3.8) is 0 Å². The topological polar surface area (TPSA) is 120 Å². The monoisotopic (exact) mass is 632 g/mol. The Balaban J connectivity index is 0.000000566. The molecule has 2 aliphatic rings. The van der Waals surface area contributed by atoms with Gasteiger partial charge in [0.05, 0.1) is 16.9 Å². The van der Waals surface area contributed by atoms with Crippen LogP contribution in [0.5, 0.6) is 5.75 Å². The van der Waals surface area contributed by atoms with E-state index in [1.54, 1.807) is 24.4 Å². The summed E-state index contributed by atoms with van der Waals surface area (Å²) in [6, 6.07) is 16.4. The molecule has 0 amide bonds. The highest BCUT2D eigenvalue weighted by molar-refractivity contribution is 6.30. The average molecular weight is 633 g/mol. The minimum absolute atomic E-state index is 0.222. The van der Waals surface area contributed by atoms with Gasteiger partial charge in [0.15, 0.2) is 0 Å². The van der Waals surface area contributed by atoms with Gasteiger partial charge in [0.2, 0.25) is 0 Å². The number of alkyl halides is 3. The molecule has 8 nitrogen and oxygen atoms in total. The van der Waals surface area contributed by atoms with Crippen LogP contribution in [0, 0.1) is 5.41 Å². The van der Waals surface area contributed by atoms with E-state index in [1.165, 1.54) is 0 Å². The number of aromatic carboxylic acids is 1. The second kappa shape index (κ2) is 13.0. The first kappa shape index (κ1) is 33.0. The number of likely N-dealkylation sites (tertiary alicyclic amines) is 1. The van der Waals surface area contributed by atoms with Gasteiger partial charge in [-0.05, 0) is 60.4 Å². The molecule has 0 unspecified atom stereocenters. The van der Waals surface area contributed by atoms with E-state index in [0.29, 0.717) is 23.8 Å². The number of aliphatic carboxylic acids is 1. The molecule has 1 aromatic heterocycles. The van der Waals surface area contributed by atoms with Crippen LogP contribution in [0.25, 0.3) is 5.57 Å². The molecule has 1 fully saturated rings. The van der Waals surface area contributed by atoms with Crippen molar-refractivity contribution >= 4 is 29.1 Å². The number of rotatable bonds is 5. The lowest BCUT2D eigenvalue weighted by atomic mass is 9.66. The highest BCUT2D eigenvalue weighted by Crippen LogP contribution is 2.46. The Labute approximate surface area is 257 Å². The summed E-state index contributed by atoms with van der Waals surface area (Å²) in [7, 11) is 0. The van der Waals surface area contributed by atoms with Crippen LogP contribution in [-0.2, 0) is 17.0 Å². The third-order valence-corrected chi connectivity index (χ3v) is 8.20. The Morgan fingerprint density at radius 2 is 1.77 bits per heavy atom. The summed E-state index contributed by atoms with van der Waals surface area (Å²) in [6.45, 7) is 6.88. The highest BCUT2D eigenvalue weighted by atomic mass is 35.5. The summed E-state index contributed by atoms with van der Waals surface area (Å²) < 4.78 is 37.7. The predicted octanol–water partition coefficient (Wildman–Crippen LogP) is 6.40. The standard InChI is InChI=1S/C30H31ClN2O4.C2HF3O2/c1-29(2)19-33(16-13-30(29,36)21-8-10-22(31)11-9-21)15-4-6-23-24-5-3-14-32-26(24)18-37-27-12-7-20(28(34)35)17-25(23)27;3-2(4,5)1(6)7/h3,5-12,14,17,36H,4,13,15-16,18-19H2,1-2H3,(H,34,35);(H,6,7)/b23-6-;/t30-;/m0./s1. The summed E-state index contributed by atoms with van der Waals surface area (Å²) >= 11 is 6.07. The number of hydrogen-bond acceptors (Lipinski definition) is 6. The largest absolute Gasteiger partial charge is 0.490 e. The van der Waals surface area contributed by atoms with Crippen LogP contribution in [0.4, 0.5) is 13.2 Å². The molecule has 0 bridgehead atoms. The van der Waals surface area contributed by atoms with Crippen molar-refractivity contribution in [3.05, 3.63) is 99.8 Å². The lowest BCUT2D eigenvalue weighted by Gasteiger charge is -2.50. The lowest BCUT2D eigenvalue weighted by Crippen LogP contribution is -2.55. The molecule has 0 spiro atoms. The molecule has 44 heavy (non-hydrogen) atoms. The zero-order valence-corrected chi connectivity index (χ0v) is 24.8. The minimum Gasteiger partial charge on any atom is -0.487 e. The number of piperidine rings is 1. The fraction of sp³-hybridized carbons (Fsp3) is 0.344. The van der Waals surface area contributed by atoms with Gasteiger partial charge >= 0.3 is 18.1 Å². The Hall–Kier alpha value is -3.93. The van der Waals surface area contributed by atoms with Crippen LogP contribution in [0.2, 0.25) is 5.02 Å². The van der Waals surface area contributed by atoms with Crippen LogP contribution in [0.1, 0.15) is 59.4 Å². The number of pyridine rings is 1. The summed E-state index contributed by atoms with van der Waals surface area (Å²) in [5.74, 6) is -3.07. The molecule has 0 saturated carbocycles. The van der Waals surface area contributed by atoms with Crippen LogP contribution in [-0.4, -0.2) is 63.0 Å². The van der Waals surface area contributed by atoms with Crippen LogP contribution >= 0.6 is 11.6 Å². The van der Waals surface area contributed by atoms with Gasteiger partial charge in [0, 0.05) is 47.4 Å². The second-order valence-corrected chi connectivity index (χ2v) is 11.7. The number of fused-ring (bicyclic) bond motifs is 2. The van der Waals surface area contributed by atoms with Gasteiger partial charge < -0.3 is 25.0 Å². The van der Waals surface area contributed by atoms with Gasteiger partial charge in [-0.2, -0.15) is 13.2 Å². The summed E-state index contributed by atoms with van der Waals surface area (Å²) in [5.41, 5.74) is 3.32. The van der Waals surface area contributed by atoms with Gasteiger partial charge in [0.25, 0.3) is 0 Å². The summed E-state index contributed by atoms with van der Waals surface area (Å²) in [4.78, 5) is 27.5. The third-order valence-electron chi connectivity index (χ3n) is 7.95. The third kappa shape index (κ3) is 7.23. The number of carboxylic acid groups (broad SMARTS) is 2. The number of nitrogens with zero attached hydrogens (tertiary/aromatic N) is 2. The summed E-state index contributed by atoms with van der Waals surface area (Å²) in [6.07, 6.45) is 0.211. The number of halogens is 4. The fourth-order valence-corrected chi connectivity index (χ4v) is 5.70. The quantitative estimate of drug-likeness (QED) is 0.296. The number of ether oxygens (including phenoxy) is 1. The van der Waals surface area contributed by atoms with Crippen LogP contribution in [0.3, 0.4) is 0 Å². The zero-order valence-electron chi connectivity index (χ0n) is 24.1. The Kier molecular flexibility index (Phi) is 9.72. The van der Waals surface area contributed by atoms with Crippen molar-refractivity contribution in [1.29, 1.82) is 0 Å². The van der Waals surface area contributed by atoms with Crippen molar-refractivity contribution in [2.45, 2.75) is 45.1 Å². The molecule has 1 saturated heterocycles. The lowest BCUT2D eigenvalue weighted by molar-refractivity contribution is -0.192. The van der Waals surface area contributed by atoms with E-state index >= 15 is 0 Å². The van der Waals surface area contributed by atoms with Crippen LogP contribution < -0.4 is 4.74 Å². The first-order valence-electron chi connectivity index (χ1n) is 13.8. The smallest absolute Gasteiger partial charge is 0.487 e. The van der Waals surface area contributed by atoms with Gasteiger partial charge in [-0.25, -0.2) is 9.59 Å². The molecule has 2 aromatic carbocycles. The van der Waals surface area contributed by atoms with Crippen molar-refractivity contribution in [2.75, 3.05) is 19.6 Å². The van der Waals surface area contributed by atoms with Crippen molar-refractivity contribution < 1.29 is 42.8 Å². The molecule has 3 heterocycles. The molecule has 12 heteroatoms. The molecule has 2 aliphatic heterocycles. The summed E-state index contributed by atoms with van der Waals surface area (Å²) in [5, 5.41) is 29.0. The molecular formula is C32H32ClF3N2O6. The minimum atomic E-state index is -5.08. The molecule has 234 valence electrons. The van der Waals surface area contributed by atoms with E-state index in [9.17, 15) is 28.2 Å². The SMILES string of the molecule is CC1(C)CN(CC/C=C2\c3cc(C(=O)O)ccc3OCc3ncccc32)CC[C@]1(O)c1ccc(Cl)cc1.O=C(O)C(F)(F)F. The first-order chi connectivity index (χ1) is 20.6. The molecular weight excluding hydrogens is 601 g/mol. The number of aliphatic hydroxyl groups is 1. The molecule has 0 aliphatic carbocycles. The van der Waals surface area contributed by atoms with E-state index in [0.717, 1.165) is 54.0 Å². The van der Waals surface area contributed by atoms with E-state index in [2.05, 4.69) is 29.8 Å². The van der Waals surface area contributed by atoms with Crippen molar-refractivity contribution in [1.82, 2.24) is 9.88 Å². The van der Waals surface area contributed by atoms with Crippen LogP contribution in [0.15, 0.2) is 66.9 Å². The first-order valence-corrected chi connectivity index (χ1v) is 14.2. The molecule has 5 rings (SSSR count). The van der Waals surface area contributed by atoms with Gasteiger partial charge in [-0.15, -0.1) is 0 Å². The van der Waals surface area contributed by atoms with Gasteiger partial charge in [-0.1, -0.05) is 49.7 Å². The maximum Gasteiger partial charge on any atom is 0.490 e. The molecule has 1 atom stereocenters. The molecule has 3 aromatic rings.